The Bertz CT molecular complexity index is 905. The molecular weight excluding hydrogens is 383 g/mol. The summed E-state index contributed by atoms with van der Waals surface area (Å²) in [5, 5.41) is 19.6. The summed E-state index contributed by atoms with van der Waals surface area (Å²) in [6.07, 6.45) is -4.20. The van der Waals surface area contributed by atoms with E-state index >= 15 is 0 Å². The summed E-state index contributed by atoms with van der Waals surface area (Å²) >= 11 is 6.57. The molecule has 1 atom stereocenters. The minimum Gasteiger partial charge on any atom is -0.291 e. The van der Waals surface area contributed by atoms with Crippen LogP contribution in [0.1, 0.15) is 31.7 Å². The second-order valence-electron chi connectivity index (χ2n) is 4.82. The lowest BCUT2D eigenvalue weighted by Crippen LogP contribution is -2.14. The van der Waals surface area contributed by atoms with Crippen molar-refractivity contribution >= 4 is 34.4 Å². The Hall–Kier alpha value is -2.51. The number of hydrogen-bond acceptors (Lipinski definition) is 6. The number of nitro groups is 1. The second-order valence-corrected chi connectivity index (χ2v) is 6.49. The molecule has 0 unspecified atom stereocenters. The molecule has 0 aliphatic rings. The van der Waals surface area contributed by atoms with Gasteiger partial charge in [-0.2, -0.15) is 18.4 Å². The van der Waals surface area contributed by atoms with Gasteiger partial charge in [0.25, 0.3) is 5.69 Å². The van der Waals surface area contributed by atoms with Crippen LogP contribution in [0, 0.1) is 28.4 Å². The van der Waals surface area contributed by atoms with E-state index in [1.165, 1.54) is 6.92 Å². The molecule has 2 aromatic heterocycles. The maximum atomic E-state index is 12.6. The molecule has 2 rings (SSSR count). The molecule has 25 heavy (non-hydrogen) atoms. The summed E-state index contributed by atoms with van der Waals surface area (Å²) < 4.78 is 37.9. The van der Waals surface area contributed by atoms with E-state index in [4.69, 9.17) is 11.6 Å². The van der Waals surface area contributed by atoms with Crippen LogP contribution in [-0.2, 0) is 6.18 Å². The lowest BCUT2D eigenvalue weighted by atomic mass is 9.99. The first-order chi connectivity index (χ1) is 11.6. The molecule has 0 amide bonds. The van der Waals surface area contributed by atoms with Gasteiger partial charge in [0.15, 0.2) is 11.7 Å². The molecule has 6 nitrogen and oxygen atoms in total. The molecule has 0 aliphatic heterocycles. The fourth-order valence-electron chi connectivity index (χ4n) is 1.98. The predicted molar refractivity (Wildman–Crippen MR) is 82.6 cm³/mol. The van der Waals surface area contributed by atoms with Crippen molar-refractivity contribution in [2.45, 2.75) is 19.0 Å². The predicted octanol–water partition coefficient (Wildman–Crippen LogP) is 4.52. The van der Waals surface area contributed by atoms with Crippen molar-refractivity contribution in [1.29, 1.82) is 5.26 Å². The van der Waals surface area contributed by atoms with Gasteiger partial charge >= 0.3 is 6.18 Å². The highest BCUT2D eigenvalue weighted by molar-refractivity contribution is 7.14. The molecule has 2 aromatic rings. The van der Waals surface area contributed by atoms with E-state index in [2.05, 4.69) is 4.98 Å². The number of carbonyl (C=O) groups excluding carboxylic acids is 1. The van der Waals surface area contributed by atoms with Crippen LogP contribution in [0.2, 0.25) is 5.02 Å². The first-order valence-electron chi connectivity index (χ1n) is 6.47. The molecule has 0 N–H and O–H groups in total. The van der Waals surface area contributed by atoms with Crippen LogP contribution in [0.5, 0.6) is 0 Å². The average Bonchev–Trinajstić information content (AvgIpc) is 2.90. The third kappa shape index (κ3) is 3.78. The number of alkyl halides is 3. The SMILES string of the molecule is Cc1sc(C(=O)[C@H](C#N)c2ncc(C(F)(F)F)cc2Cl)cc1[N+](=O)[O-]. The number of rotatable bonds is 4. The van der Waals surface area contributed by atoms with Gasteiger partial charge in [0.1, 0.15) is 0 Å². The van der Waals surface area contributed by atoms with Crippen molar-refractivity contribution in [3.05, 3.63) is 54.5 Å². The van der Waals surface area contributed by atoms with Crippen molar-refractivity contribution in [2.24, 2.45) is 0 Å². The summed E-state index contributed by atoms with van der Waals surface area (Å²) in [5.74, 6) is -2.40. The van der Waals surface area contributed by atoms with Crippen molar-refractivity contribution in [3.8, 4) is 6.07 Å². The van der Waals surface area contributed by atoms with E-state index in [0.717, 1.165) is 17.4 Å². The molecule has 0 saturated carbocycles. The number of nitrogens with zero attached hydrogens (tertiary/aromatic N) is 3. The lowest BCUT2D eigenvalue weighted by molar-refractivity contribution is -0.385. The fraction of sp³-hybridized carbons (Fsp3) is 0.214. The van der Waals surface area contributed by atoms with Crippen LogP contribution in [0.4, 0.5) is 18.9 Å². The van der Waals surface area contributed by atoms with Gasteiger partial charge in [-0.25, -0.2) is 0 Å². The van der Waals surface area contributed by atoms with Crippen LogP contribution in [-0.4, -0.2) is 15.7 Å². The molecule has 0 aromatic carbocycles. The number of halogens is 4. The van der Waals surface area contributed by atoms with Crippen LogP contribution >= 0.6 is 22.9 Å². The number of ketones is 1. The van der Waals surface area contributed by atoms with E-state index in [0.29, 0.717) is 12.3 Å². The minimum atomic E-state index is -4.67. The van der Waals surface area contributed by atoms with Crippen LogP contribution in [0.25, 0.3) is 0 Å². The number of carbonyl (C=O) groups is 1. The number of pyridine rings is 1. The molecular formula is C14H7ClF3N3O3S. The highest BCUT2D eigenvalue weighted by atomic mass is 35.5. The number of thiophene rings is 1. The van der Waals surface area contributed by atoms with E-state index in [1.807, 2.05) is 0 Å². The molecule has 0 aliphatic carbocycles. The number of nitriles is 1. The Morgan fingerprint density at radius 1 is 1.48 bits per heavy atom. The zero-order chi connectivity index (χ0) is 18.9. The Morgan fingerprint density at radius 3 is 2.56 bits per heavy atom. The Balaban J connectivity index is 2.43. The Kier molecular flexibility index (Phi) is 5.10. The molecule has 2 heterocycles. The summed E-state index contributed by atoms with van der Waals surface area (Å²) in [7, 11) is 0. The quantitative estimate of drug-likeness (QED) is 0.435. The van der Waals surface area contributed by atoms with Gasteiger partial charge in [-0.15, -0.1) is 11.3 Å². The molecule has 11 heteroatoms. The lowest BCUT2D eigenvalue weighted by Gasteiger charge is -2.11. The van der Waals surface area contributed by atoms with E-state index in [-0.39, 0.29) is 21.1 Å². The summed E-state index contributed by atoms with van der Waals surface area (Å²) in [6, 6.07) is 3.22. The van der Waals surface area contributed by atoms with Crippen LogP contribution in [0.15, 0.2) is 18.3 Å². The van der Waals surface area contributed by atoms with Crippen molar-refractivity contribution in [2.75, 3.05) is 0 Å². The number of Topliss-reactive ketones (excluding diaryl/α,β-unsaturated/α-hetero) is 1. The summed E-state index contributed by atoms with van der Waals surface area (Å²) in [4.78, 5) is 26.3. The van der Waals surface area contributed by atoms with Gasteiger partial charge in [0.2, 0.25) is 0 Å². The number of aryl methyl sites for hydroxylation is 1. The topological polar surface area (TPSA) is 96.9 Å². The smallest absolute Gasteiger partial charge is 0.291 e. The maximum Gasteiger partial charge on any atom is 0.417 e. The molecule has 0 radical (unpaired) electrons. The van der Waals surface area contributed by atoms with E-state index < -0.39 is 33.4 Å². The third-order valence-corrected chi connectivity index (χ3v) is 4.55. The number of aromatic nitrogens is 1. The summed E-state index contributed by atoms with van der Waals surface area (Å²) in [6.45, 7) is 1.43. The molecule has 0 spiro atoms. The van der Waals surface area contributed by atoms with Gasteiger partial charge in [0, 0.05) is 12.3 Å². The molecule has 0 saturated heterocycles. The van der Waals surface area contributed by atoms with Gasteiger partial charge < -0.3 is 0 Å². The standard InChI is InChI=1S/C14H7ClF3N3O3S/c1-6-10(21(23)24)3-11(25-6)13(22)8(4-19)12-9(15)2-7(5-20-12)14(16,17)18/h2-3,5,8H,1H3/t8-/m1/s1. The van der Waals surface area contributed by atoms with Crippen LogP contribution in [0.3, 0.4) is 0 Å². The monoisotopic (exact) mass is 389 g/mol. The molecule has 0 bridgehead atoms. The Labute approximate surface area is 147 Å². The highest BCUT2D eigenvalue weighted by Gasteiger charge is 2.34. The van der Waals surface area contributed by atoms with Crippen molar-refractivity contribution in [1.82, 2.24) is 4.98 Å². The Morgan fingerprint density at radius 2 is 2.12 bits per heavy atom. The average molecular weight is 390 g/mol. The van der Waals surface area contributed by atoms with E-state index in [9.17, 15) is 33.3 Å². The summed E-state index contributed by atoms with van der Waals surface area (Å²) in [5.41, 5.74) is -1.74. The maximum absolute atomic E-state index is 12.6. The van der Waals surface area contributed by atoms with Gasteiger partial charge in [-0.3, -0.25) is 19.9 Å². The first-order valence-corrected chi connectivity index (χ1v) is 7.67. The highest BCUT2D eigenvalue weighted by Crippen LogP contribution is 2.35. The fourth-order valence-corrected chi connectivity index (χ4v) is 3.21. The molecule has 0 fully saturated rings. The van der Waals surface area contributed by atoms with Crippen molar-refractivity contribution in [3.63, 3.8) is 0 Å². The number of hydrogen-bond donors (Lipinski definition) is 0. The molecule has 130 valence electrons. The van der Waals surface area contributed by atoms with Crippen LogP contribution < -0.4 is 0 Å². The van der Waals surface area contributed by atoms with Gasteiger partial charge in [-0.1, -0.05) is 11.6 Å². The zero-order valence-electron chi connectivity index (χ0n) is 12.3. The third-order valence-electron chi connectivity index (χ3n) is 3.19. The van der Waals surface area contributed by atoms with Gasteiger partial charge in [0.05, 0.1) is 37.0 Å². The minimum absolute atomic E-state index is 0.0754. The van der Waals surface area contributed by atoms with E-state index in [1.54, 1.807) is 6.07 Å². The van der Waals surface area contributed by atoms with Gasteiger partial charge in [-0.05, 0) is 13.0 Å². The second kappa shape index (κ2) is 6.78. The normalized spacial score (nSPS) is 12.5. The largest absolute Gasteiger partial charge is 0.417 e. The zero-order valence-corrected chi connectivity index (χ0v) is 13.9. The first kappa shape index (κ1) is 18.8. The van der Waals surface area contributed by atoms with Crippen molar-refractivity contribution < 1.29 is 22.9 Å².